The zero-order valence-electron chi connectivity index (χ0n) is 16.9. The Morgan fingerprint density at radius 1 is 1.10 bits per heavy atom. The number of nitrogens with one attached hydrogen (secondary N) is 2. The van der Waals surface area contributed by atoms with Crippen molar-refractivity contribution in [3.63, 3.8) is 0 Å². The predicted octanol–water partition coefficient (Wildman–Crippen LogP) is 4.03. The van der Waals surface area contributed by atoms with Gasteiger partial charge in [-0.25, -0.2) is 0 Å². The van der Waals surface area contributed by atoms with Crippen molar-refractivity contribution in [2.75, 3.05) is 11.9 Å². The number of H-pyrrole nitrogens is 1. The van der Waals surface area contributed by atoms with Crippen LogP contribution in [-0.4, -0.2) is 42.4 Å². The van der Waals surface area contributed by atoms with Gasteiger partial charge in [-0.2, -0.15) is 9.97 Å². The molecular formula is C22H24N6O2. The second-order valence-electron chi connectivity index (χ2n) is 7.69. The standard InChI is InChI=1S/C22H24N6O2/c1-2-30-20-18-15(14-6-7-16-17(12-14)24-11-10-23-16)13-25-19(18)26-21(27-20)28-22(29)8-4-3-5-9-22/h6-7,10-13,29H,2-5,8-9H2,1H3,(H2,25,26,27,28). The highest BCUT2D eigenvalue weighted by Crippen LogP contribution is 2.36. The highest BCUT2D eigenvalue weighted by molar-refractivity contribution is 5.99. The molecule has 8 nitrogen and oxygen atoms in total. The van der Waals surface area contributed by atoms with E-state index in [0.29, 0.717) is 36.9 Å². The van der Waals surface area contributed by atoms with E-state index in [4.69, 9.17) is 4.74 Å². The summed E-state index contributed by atoms with van der Waals surface area (Å²) in [6.45, 7) is 2.40. The van der Waals surface area contributed by atoms with Gasteiger partial charge in [0.1, 0.15) is 11.4 Å². The SMILES string of the molecule is CCOc1nc(NC2(O)CCCCC2)nc2[nH]cc(-c3ccc4nccnc4c3)c12. The van der Waals surface area contributed by atoms with E-state index in [2.05, 4.69) is 30.2 Å². The molecule has 1 saturated carbocycles. The molecule has 0 atom stereocenters. The molecule has 8 heteroatoms. The van der Waals surface area contributed by atoms with Crippen molar-refractivity contribution in [2.45, 2.75) is 44.8 Å². The third kappa shape index (κ3) is 3.43. The molecule has 3 N–H and O–H groups in total. The summed E-state index contributed by atoms with van der Waals surface area (Å²) in [6, 6.07) is 5.95. The fourth-order valence-electron chi connectivity index (χ4n) is 4.13. The molecule has 1 aliphatic carbocycles. The van der Waals surface area contributed by atoms with E-state index in [9.17, 15) is 5.11 Å². The average Bonchev–Trinajstić information content (AvgIpc) is 3.18. The zero-order valence-corrected chi connectivity index (χ0v) is 16.9. The lowest BCUT2D eigenvalue weighted by atomic mass is 9.92. The van der Waals surface area contributed by atoms with Crippen LogP contribution < -0.4 is 10.1 Å². The third-order valence-corrected chi connectivity index (χ3v) is 5.58. The van der Waals surface area contributed by atoms with E-state index >= 15 is 0 Å². The summed E-state index contributed by atoms with van der Waals surface area (Å²) in [5.41, 5.74) is 3.26. The first-order chi connectivity index (χ1) is 14.6. The van der Waals surface area contributed by atoms with E-state index < -0.39 is 5.72 Å². The van der Waals surface area contributed by atoms with E-state index in [1.807, 2.05) is 31.3 Å². The van der Waals surface area contributed by atoms with Crippen LogP contribution >= 0.6 is 0 Å². The van der Waals surface area contributed by atoms with Crippen LogP contribution in [0.3, 0.4) is 0 Å². The van der Waals surface area contributed by atoms with Crippen LogP contribution in [0.1, 0.15) is 39.0 Å². The first kappa shape index (κ1) is 18.7. The molecule has 4 aromatic rings. The maximum atomic E-state index is 10.8. The molecule has 0 unspecified atom stereocenters. The van der Waals surface area contributed by atoms with Gasteiger partial charge in [0.05, 0.1) is 23.0 Å². The Hall–Kier alpha value is -3.26. The van der Waals surface area contributed by atoms with Crippen molar-refractivity contribution in [2.24, 2.45) is 0 Å². The summed E-state index contributed by atoms with van der Waals surface area (Å²) < 4.78 is 5.87. The number of ether oxygens (including phenoxy) is 1. The van der Waals surface area contributed by atoms with E-state index in [1.54, 1.807) is 12.4 Å². The second kappa shape index (κ2) is 7.53. The zero-order chi connectivity index (χ0) is 20.6. The van der Waals surface area contributed by atoms with Crippen LogP contribution in [-0.2, 0) is 0 Å². The van der Waals surface area contributed by atoms with Gasteiger partial charge in [0, 0.05) is 24.2 Å². The van der Waals surface area contributed by atoms with Crippen LogP contribution in [0.25, 0.3) is 33.2 Å². The van der Waals surface area contributed by atoms with Crippen molar-refractivity contribution >= 4 is 28.0 Å². The summed E-state index contributed by atoms with van der Waals surface area (Å²) in [5, 5.41) is 14.8. The third-order valence-electron chi connectivity index (χ3n) is 5.58. The Morgan fingerprint density at radius 2 is 1.90 bits per heavy atom. The number of benzene rings is 1. The molecule has 3 aromatic heterocycles. The van der Waals surface area contributed by atoms with Gasteiger partial charge in [0.25, 0.3) is 0 Å². The Kier molecular flexibility index (Phi) is 4.71. The van der Waals surface area contributed by atoms with E-state index in [-0.39, 0.29) is 0 Å². The van der Waals surface area contributed by atoms with Crippen molar-refractivity contribution in [1.29, 1.82) is 0 Å². The van der Waals surface area contributed by atoms with Gasteiger partial charge in [0.2, 0.25) is 11.8 Å². The molecule has 0 spiro atoms. The number of aromatic amines is 1. The molecule has 154 valence electrons. The Balaban J connectivity index is 1.58. The largest absolute Gasteiger partial charge is 0.477 e. The van der Waals surface area contributed by atoms with Crippen LogP contribution in [0.5, 0.6) is 5.88 Å². The summed E-state index contributed by atoms with van der Waals surface area (Å²) in [6.07, 6.45) is 9.76. The molecule has 0 amide bonds. The highest BCUT2D eigenvalue weighted by Gasteiger charge is 2.30. The fraction of sp³-hybridized carbons (Fsp3) is 0.364. The average molecular weight is 404 g/mol. The maximum absolute atomic E-state index is 10.8. The van der Waals surface area contributed by atoms with Gasteiger partial charge in [0.15, 0.2) is 0 Å². The van der Waals surface area contributed by atoms with Crippen LogP contribution in [0, 0.1) is 0 Å². The molecule has 1 aliphatic rings. The smallest absolute Gasteiger partial charge is 0.230 e. The molecule has 1 aromatic carbocycles. The lowest BCUT2D eigenvalue weighted by Gasteiger charge is -2.32. The van der Waals surface area contributed by atoms with Crippen molar-refractivity contribution < 1.29 is 9.84 Å². The van der Waals surface area contributed by atoms with Crippen molar-refractivity contribution in [3.8, 4) is 17.0 Å². The van der Waals surface area contributed by atoms with E-state index in [0.717, 1.165) is 46.8 Å². The summed E-state index contributed by atoms with van der Waals surface area (Å²) in [4.78, 5) is 21.2. The van der Waals surface area contributed by atoms with Gasteiger partial charge in [-0.05, 0) is 50.3 Å². The minimum Gasteiger partial charge on any atom is -0.477 e. The van der Waals surface area contributed by atoms with Gasteiger partial charge < -0.3 is 20.1 Å². The molecule has 0 radical (unpaired) electrons. The summed E-state index contributed by atoms with van der Waals surface area (Å²) >= 11 is 0. The van der Waals surface area contributed by atoms with Gasteiger partial charge in [-0.1, -0.05) is 12.5 Å². The Morgan fingerprint density at radius 3 is 2.70 bits per heavy atom. The van der Waals surface area contributed by atoms with Gasteiger partial charge >= 0.3 is 0 Å². The minimum atomic E-state index is -0.970. The van der Waals surface area contributed by atoms with Crippen molar-refractivity contribution in [1.82, 2.24) is 24.9 Å². The molecule has 3 heterocycles. The Bertz CT molecular complexity index is 1200. The number of fused-ring (bicyclic) bond motifs is 2. The molecule has 0 bridgehead atoms. The van der Waals surface area contributed by atoms with Gasteiger partial charge in [-0.15, -0.1) is 0 Å². The number of aliphatic hydroxyl groups is 1. The summed E-state index contributed by atoms with van der Waals surface area (Å²) in [7, 11) is 0. The lowest BCUT2D eigenvalue weighted by molar-refractivity contribution is 0.0309. The first-order valence-corrected chi connectivity index (χ1v) is 10.4. The van der Waals surface area contributed by atoms with Gasteiger partial charge in [-0.3, -0.25) is 9.97 Å². The predicted molar refractivity (Wildman–Crippen MR) is 115 cm³/mol. The molecule has 0 saturated heterocycles. The minimum absolute atomic E-state index is 0.369. The number of hydrogen-bond donors (Lipinski definition) is 3. The second-order valence-corrected chi connectivity index (χ2v) is 7.69. The monoisotopic (exact) mass is 404 g/mol. The number of hydrogen-bond acceptors (Lipinski definition) is 7. The number of nitrogens with zero attached hydrogens (tertiary/aromatic N) is 4. The quantitative estimate of drug-likeness (QED) is 0.431. The number of aromatic nitrogens is 5. The van der Waals surface area contributed by atoms with Crippen LogP contribution in [0.4, 0.5) is 5.95 Å². The van der Waals surface area contributed by atoms with Crippen LogP contribution in [0.2, 0.25) is 0 Å². The molecule has 0 aliphatic heterocycles. The number of rotatable bonds is 5. The molecule has 1 fully saturated rings. The fourth-order valence-corrected chi connectivity index (χ4v) is 4.13. The first-order valence-electron chi connectivity index (χ1n) is 10.4. The molecular weight excluding hydrogens is 380 g/mol. The number of anilines is 1. The van der Waals surface area contributed by atoms with E-state index in [1.165, 1.54) is 0 Å². The normalized spacial score (nSPS) is 16.1. The topological polar surface area (TPSA) is 109 Å². The Labute approximate surface area is 173 Å². The highest BCUT2D eigenvalue weighted by atomic mass is 16.5. The van der Waals surface area contributed by atoms with Crippen LogP contribution in [0.15, 0.2) is 36.8 Å². The summed E-state index contributed by atoms with van der Waals surface area (Å²) in [5.74, 6) is 0.855. The molecule has 5 rings (SSSR count). The van der Waals surface area contributed by atoms with Crippen molar-refractivity contribution in [3.05, 3.63) is 36.8 Å². The maximum Gasteiger partial charge on any atom is 0.230 e. The lowest BCUT2D eigenvalue weighted by Crippen LogP contribution is -2.40. The molecule has 30 heavy (non-hydrogen) atoms.